The highest BCUT2D eigenvalue weighted by Gasteiger charge is 2.25. The van der Waals surface area contributed by atoms with Crippen molar-refractivity contribution in [2.24, 2.45) is 5.73 Å². The number of amides is 1. The van der Waals surface area contributed by atoms with Gasteiger partial charge in [0.2, 0.25) is 5.91 Å². The Labute approximate surface area is 129 Å². The van der Waals surface area contributed by atoms with Gasteiger partial charge >= 0.3 is 0 Å². The van der Waals surface area contributed by atoms with Gasteiger partial charge in [0.05, 0.1) is 10.8 Å². The van der Waals surface area contributed by atoms with E-state index in [-0.39, 0.29) is 4.90 Å². The summed E-state index contributed by atoms with van der Waals surface area (Å²) in [5.74, 6) is -1.35. The first-order valence-corrected chi connectivity index (χ1v) is 8.08. The van der Waals surface area contributed by atoms with Gasteiger partial charge in [0.1, 0.15) is 0 Å². The van der Waals surface area contributed by atoms with E-state index in [1.165, 1.54) is 18.2 Å². The summed E-state index contributed by atoms with van der Waals surface area (Å²) < 4.78 is 31.7. The molecule has 0 aliphatic carbocycles. The van der Waals surface area contributed by atoms with Crippen LogP contribution in [0.2, 0.25) is 0 Å². The van der Waals surface area contributed by atoms with Gasteiger partial charge < -0.3 is 5.73 Å². The Balaban J connectivity index is 2.67. The molecule has 0 unspecified atom stereocenters. The van der Waals surface area contributed by atoms with E-state index in [2.05, 4.69) is 0 Å². The molecule has 5 nitrogen and oxygen atoms in total. The predicted molar refractivity (Wildman–Crippen MR) is 83.2 cm³/mol. The predicted octanol–water partition coefficient (Wildman–Crippen LogP) is 2.17. The van der Waals surface area contributed by atoms with Crippen molar-refractivity contribution in [1.29, 1.82) is 0 Å². The fourth-order valence-corrected chi connectivity index (χ4v) is 3.15. The Bertz CT molecular complexity index is 808. The van der Waals surface area contributed by atoms with Gasteiger partial charge in [0.25, 0.3) is 10.1 Å². The van der Waals surface area contributed by atoms with Crippen LogP contribution in [-0.2, 0) is 14.9 Å². The molecule has 1 amide bonds. The first-order chi connectivity index (χ1) is 10.2. The lowest BCUT2D eigenvalue weighted by molar-refractivity contribution is -0.118. The van der Waals surface area contributed by atoms with E-state index in [0.29, 0.717) is 5.56 Å². The standard InChI is InChI=1S/C16H17NO4S/c1-10-5-3-6-11(2)14(10)15(16(17)18)12-7-4-8-13(9-12)22(19,20)21/h3-9,15H,1-2H3,(H2,17,18)(H,19,20,21)/t15-/m0/s1. The third kappa shape index (κ3) is 3.18. The van der Waals surface area contributed by atoms with Gasteiger partial charge in [-0.2, -0.15) is 8.42 Å². The molecular formula is C16H17NO4S. The van der Waals surface area contributed by atoms with Gasteiger partial charge in [-0.15, -0.1) is 0 Å². The van der Waals surface area contributed by atoms with Crippen LogP contribution in [-0.4, -0.2) is 18.9 Å². The van der Waals surface area contributed by atoms with E-state index < -0.39 is 21.9 Å². The monoisotopic (exact) mass is 319 g/mol. The number of nitrogens with two attached hydrogens (primary N) is 1. The number of hydrogen-bond acceptors (Lipinski definition) is 3. The largest absolute Gasteiger partial charge is 0.369 e. The number of carbonyl (C=O) groups excluding carboxylic acids is 1. The van der Waals surface area contributed by atoms with E-state index in [1.54, 1.807) is 6.07 Å². The van der Waals surface area contributed by atoms with Crippen LogP contribution < -0.4 is 5.73 Å². The lowest BCUT2D eigenvalue weighted by Gasteiger charge is -2.19. The molecule has 0 saturated carbocycles. The molecule has 116 valence electrons. The highest BCUT2D eigenvalue weighted by atomic mass is 32.2. The molecule has 1 atom stereocenters. The van der Waals surface area contributed by atoms with Crippen molar-refractivity contribution < 1.29 is 17.8 Å². The van der Waals surface area contributed by atoms with Crippen molar-refractivity contribution in [2.75, 3.05) is 0 Å². The lowest BCUT2D eigenvalue weighted by Crippen LogP contribution is -2.24. The van der Waals surface area contributed by atoms with Gasteiger partial charge in [-0.1, -0.05) is 30.3 Å². The number of benzene rings is 2. The molecule has 0 spiro atoms. The molecule has 0 aliphatic heterocycles. The second kappa shape index (κ2) is 5.90. The summed E-state index contributed by atoms with van der Waals surface area (Å²) in [5, 5.41) is 0. The average Bonchev–Trinajstić information content (AvgIpc) is 2.42. The number of primary amides is 1. The second-order valence-electron chi connectivity index (χ2n) is 5.19. The molecular weight excluding hydrogens is 302 g/mol. The highest BCUT2D eigenvalue weighted by molar-refractivity contribution is 7.85. The zero-order valence-corrected chi connectivity index (χ0v) is 13.1. The number of hydrogen-bond donors (Lipinski definition) is 2. The van der Waals surface area contributed by atoms with Crippen molar-refractivity contribution in [2.45, 2.75) is 24.7 Å². The second-order valence-corrected chi connectivity index (χ2v) is 6.61. The van der Waals surface area contributed by atoms with Crippen LogP contribution in [0.3, 0.4) is 0 Å². The van der Waals surface area contributed by atoms with Gasteiger partial charge in [-0.05, 0) is 48.2 Å². The van der Waals surface area contributed by atoms with Crippen LogP contribution in [0.5, 0.6) is 0 Å². The summed E-state index contributed by atoms with van der Waals surface area (Å²) >= 11 is 0. The van der Waals surface area contributed by atoms with Gasteiger partial charge in [0.15, 0.2) is 0 Å². The summed E-state index contributed by atoms with van der Waals surface area (Å²) in [6.45, 7) is 3.73. The van der Waals surface area contributed by atoms with E-state index in [9.17, 15) is 13.2 Å². The van der Waals surface area contributed by atoms with E-state index in [0.717, 1.165) is 16.7 Å². The van der Waals surface area contributed by atoms with Crippen LogP contribution in [0.4, 0.5) is 0 Å². The minimum absolute atomic E-state index is 0.262. The molecule has 0 heterocycles. The maximum Gasteiger partial charge on any atom is 0.294 e. The Morgan fingerprint density at radius 3 is 2.14 bits per heavy atom. The zero-order valence-electron chi connectivity index (χ0n) is 12.3. The van der Waals surface area contributed by atoms with Crippen LogP contribution in [0.25, 0.3) is 0 Å². The summed E-state index contributed by atoms with van der Waals surface area (Å²) in [5.41, 5.74) is 8.51. The molecule has 0 aromatic heterocycles. The van der Waals surface area contributed by atoms with E-state index >= 15 is 0 Å². The quantitative estimate of drug-likeness (QED) is 0.844. The first kappa shape index (κ1) is 16.2. The summed E-state index contributed by atoms with van der Waals surface area (Å²) in [4.78, 5) is 11.7. The maximum atomic E-state index is 12.0. The third-order valence-corrected chi connectivity index (χ3v) is 4.45. The normalized spacial score (nSPS) is 12.9. The topological polar surface area (TPSA) is 97.5 Å². The smallest absolute Gasteiger partial charge is 0.294 e. The fourth-order valence-electron chi connectivity index (χ4n) is 2.61. The first-order valence-electron chi connectivity index (χ1n) is 6.64. The van der Waals surface area contributed by atoms with Crippen molar-refractivity contribution in [3.05, 3.63) is 64.7 Å². The van der Waals surface area contributed by atoms with Crippen LogP contribution in [0.15, 0.2) is 47.4 Å². The van der Waals surface area contributed by atoms with Gasteiger partial charge in [-0.25, -0.2) is 0 Å². The fraction of sp³-hybridized carbons (Fsp3) is 0.188. The minimum Gasteiger partial charge on any atom is -0.369 e. The van der Waals surface area contributed by atoms with Crippen molar-refractivity contribution in [3.8, 4) is 0 Å². The van der Waals surface area contributed by atoms with E-state index in [4.69, 9.17) is 10.3 Å². The molecule has 0 bridgehead atoms. The summed E-state index contributed by atoms with van der Waals surface area (Å²) in [6.07, 6.45) is 0. The molecule has 3 N–H and O–H groups in total. The number of carbonyl (C=O) groups is 1. The molecule has 0 aliphatic rings. The van der Waals surface area contributed by atoms with Gasteiger partial charge in [-0.3, -0.25) is 9.35 Å². The molecule has 0 saturated heterocycles. The Kier molecular flexibility index (Phi) is 4.35. The highest BCUT2D eigenvalue weighted by Crippen LogP contribution is 2.30. The van der Waals surface area contributed by atoms with Crippen LogP contribution in [0, 0.1) is 13.8 Å². The van der Waals surface area contributed by atoms with E-state index in [1.807, 2.05) is 32.0 Å². The number of rotatable bonds is 4. The molecule has 6 heteroatoms. The molecule has 22 heavy (non-hydrogen) atoms. The minimum atomic E-state index is -4.34. The Morgan fingerprint density at radius 2 is 1.64 bits per heavy atom. The molecule has 0 fully saturated rings. The molecule has 2 rings (SSSR count). The van der Waals surface area contributed by atoms with Crippen molar-refractivity contribution >= 4 is 16.0 Å². The van der Waals surface area contributed by atoms with Crippen molar-refractivity contribution in [1.82, 2.24) is 0 Å². The zero-order chi connectivity index (χ0) is 16.5. The Hall–Kier alpha value is -2.18. The van der Waals surface area contributed by atoms with Crippen molar-refractivity contribution in [3.63, 3.8) is 0 Å². The Morgan fingerprint density at radius 1 is 1.09 bits per heavy atom. The molecule has 0 radical (unpaired) electrons. The molecule has 2 aromatic rings. The maximum absolute atomic E-state index is 12.0. The SMILES string of the molecule is Cc1cccc(C)c1[C@@H](C(N)=O)c1cccc(S(=O)(=O)O)c1. The summed E-state index contributed by atoms with van der Waals surface area (Å²) in [6, 6.07) is 11.2. The van der Waals surface area contributed by atoms with Gasteiger partial charge in [0, 0.05) is 0 Å². The number of aryl methyl sites for hydroxylation is 2. The van der Waals surface area contributed by atoms with Crippen LogP contribution >= 0.6 is 0 Å². The molecule has 2 aromatic carbocycles. The average molecular weight is 319 g/mol. The van der Waals surface area contributed by atoms with Crippen LogP contribution in [0.1, 0.15) is 28.2 Å². The lowest BCUT2D eigenvalue weighted by atomic mass is 9.85. The summed E-state index contributed by atoms with van der Waals surface area (Å²) in [7, 11) is -4.34. The third-order valence-electron chi connectivity index (χ3n) is 3.60.